The fourth-order valence-corrected chi connectivity index (χ4v) is 1.37. The zero-order chi connectivity index (χ0) is 22.2. The Labute approximate surface area is 144 Å². The Kier molecular flexibility index (Phi) is 6.97. The minimum atomic E-state index is -7.70. The first-order valence-electron chi connectivity index (χ1n) is 6.81. The third-order valence-corrected chi connectivity index (χ3v) is 3.46. The maximum atomic E-state index is 13.6. The summed E-state index contributed by atoms with van der Waals surface area (Å²) in [5.41, 5.74) is 0. The van der Waals surface area contributed by atoms with Gasteiger partial charge in [0, 0.05) is 0 Å². The summed E-state index contributed by atoms with van der Waals surface area (Å²) < 4.78 is 159. The zero-order valence-corrected chi connectivity index (χ0v) is 13.4. The molecule has 0 aliphatic heterocycles. The van der Waals surface area contributed by atoms with E-state index < -0.39 is 53.7 Å². The van der Waals surface area contributed by atoms with Gasteiger partial charge in [0.15, 0.2) is 5.76 Å². The molecule has 0 fully saturated rings. The van der Waals surface area contributed by atoms with Gasteiger partial charge in [0.1, 0.15) is 0 Å². The molecule has 0 aliphatic carbocycles. The molecule has 0 spiro atoms. The molecule has 0 N–H and O–H groups in total. The lowest BCUT2D eigenvalue weighted by atomic mass is 9.93. The Morgan fingerprint density at radius 2 is 1.30 bits per heavy atom. The third kappa shape index (κ3) is 3.84. The Bertz CT molecular complexity index is 570. The molecule has 0 aromatic carbocycles. The molecule has 0 bridgehead atoms. The van der Waals surface area contributed by atoms with Crippen LogP contribution in [0, 0.1) is 5.92 Å². The molecule has 0 heterocycles. The Morgan fingerprint density at radius 1 is 0.889 bits per heavy atom. The molecule has 0 saturated carbocycles. The van der Waals surface area contributed by atoms with Crippen molar-refractivity contribution in [1.29, 1.82) is 0 Å². The predicted octanol–water partition coefficient (Wildman–Crippen LogP) is 5.53. The van der Waals surface area contributed by atoms with E-state index in [1.807, 2.05) is 0 Å². The Balaban J connectivity index is 6.06. The van der Waals surface area contributed by atoms with Crippen molar-refractivity contribution in [3.8, 4) is 0 Å². The van der Waals surface area contributed by atoms with Gasteiger partial charge in [0.05, 0.1) is 5.92 Å². The van der Waals surface area contributed by atoms with Gasteiger partial charge in [-0.25, -0.2) is 8.78 Å². The normalized spacial score (nSPS) is 15.7. The van der Waals surface area contributed by atoms with Gasteiger partial charge in [-0.1, -0.05) is 20.4 Å². The van der Waals surface area contributed by atoms with Crippen LogP contribution < -0.4 is 0 Å². The van der Waals surface area contributed by atoms with Crippen molar-refractivity contribution in [3.63, 3.8) is 0 Å². The highest BCUT2D eigenvalue weighted by molar-refractivity contribution is 5.73. The SMILES string of the molecule is C=C(OC(=O)C(C)CC)C(F)(F)C(F)(F)C(F)(F)C(F)(F)C(F)(F)C(F)F. The molecular weight excluding hydrogens is 416 g/mol. The van der Waals surface area contributed by atoms with Gasteiger partial charge in [-0.15, -0.1) is 0 Å². The molecule has 160 valence electrons. The van der Waals surface area contributed by atoms with Crippen molar-refractivity contribution in [3.05, 3.63) is 12.3 Å². The highest BCUT2D eigenvalue weighted by atomic mass is 19.4. The summed E-state index contributed by atoms with van der Waals surface area (Å²) in [6, 6.07) is 0. The quantitative estimate of drug-likeness (QED) is 0.274. The van der Waals surface area contributed by atoms with Crippen LogP contribution in [0.3, 0.4) is 0 Å². The Morgan fingerprint density at radius 3 is 1.63 bits per heavy atom. The van der Waals surface area contributed by atoms with Crippen molar-refractivity contribution in [1.82, 2.24) is 0 Å². The van der Waals surface area contributed by atoms with Crippen LogP contribution in [0.4, 0.5) is 52.7 Å². The summed E-state index contributed by atoms with van der Waals surface area (Å²) in [6.07, 6.45) is -5.70. The fraction of sp³-hybridized carbons (Fsp3) is 0.769. The van der Waals surface area contributed by atoms with Crippen molar-refractivity contribution in [2.75, 3.05) is 0 Å². The molecule has 2 nitrogen and oxygen atoms in total. The van der Waals surface area contributed by atoms with Crippen LogP contribution in [0.15, 0.2) is 12.3 Å². The van der Waals surface area contributed by atoms with Crippen LogP contribution in [-0.2, 0) is 9.53 Å². The topological polar surface area (TPSA) is 26.3 Å². The van der Waals surface area contributed by atoms with Gasteiger partial charge >= 0.3 is 42.0 Å². The van der Waals surface area contributed by atoms with E-state index in [4.69, 9.17) is 0 Å². The van der Waals surface area contributed by atoms with E-state index in [0.29, 0.717) is 0 Å². The number of hydrogen-bond acceptors (Lipinski definition) is 2. The minimum Gasteiger partial charge on any atom is -0.425 e. The third-order valence-electron chi connectivity index (χ3n) is 3.46. The minimum absolute atomic E-state index is 0.108. The van der Waals surface area contributed by atoms with E-state index in [1.54, 1.807) is 0 Å². The van der Waals surface area contributed by atoms with Gasteiger partial charge in [-0.05, 0) is 6.42 Å². The highest BCUT2D eigenvalue weighted by Gasteiger charge is 2.88. The van der Waals surface area contributed by atoms with Gasteiger partial charge in [0.2, 0.25) is 0 Å². The average Bonchev–Trinajstić information content (AvgIpc) is 2.52. The summed E-state index contributed by atoms with van der Waals surface area (Å²) >= 11 is 0. The summed E-state index contributed by atoms with van der Waals surface area (Å²) in [5.74, 6) is -42.0. The molecule has 1 atom stereocenters. The number of ether oxygens (including phenoxy) is 1. The van der Waals surface area contributed by atoms with Crippen LogP contribution in [0.5, 0.6) is 0 Å². The molecule has 0 aromatic rings. The zero-order valence-electron chi connectivity index (χ0n) is 13.4. The summed E-state index contributed by atoms with van der Waals surface area (Å²) in [4.78, 5) is 11.2. The first-order chi connectivity index (χ1) is 11.7. The molecule has 1 unspecified atom stereocenters. The molecule has 0 aromatic heterocycles. The largest absolute Gasteiger partial charge is 0.425 e. The van der Waals surface area contributed by atoms with Crippen LogP contribution in [0.1, 0.15) is 20.3 Å². The van der Waals surface area contributed by atoms with E-state index in [2.05, 4.69) is 11.3 Å². The van der Waals surface area contributed by atoms with Crippen molar-refractivity contribution < 1.29 is 62.2 Å². The first-order valence-corrected chi connectivity index (χ1v) is 6.81. The van der Waals surface area contributed by atoms with E-state index in [9.17, 15) is 57.5 Å². The van der Waals surface area contributed by atoms with E-state index in [0.717, 1.165) is 6.92 Å². The number of carbonyl (C=O) groups is 1. The first kappa shape index (κ1) is 25.4. The van der Waals surface area contributed by atoms with Crippen molar-refractivity contribution in [2.45, 2.75) is 56.3 Å². The lowest BCUT2D eigenvalue weighted by Crippen LogP contribution is -2.69. The molecule has 0 aliphatic rings. The number of halogens is 12. The summed E-state index contributed by atoms with van der Waals surface area (Å²) in [5, 5.41) is 0. The van der Waals surface area contributed by atoms with Gasteiger partial charge in [-0.2, -0.15) is 43.9 Å². The maximum Gasteiger partial charge on any atom is 0.386 e. The van der Waals surface area contributed by atoms with E-state index >= 15 is 0 Å². The van der Waals surface area contributed by atoms with Crippen LogP contribution in [0.25, 0.3) is 0 Å². The maximum absolute atomic E-state index is 13.6. The lowest BCUT2D eigenvalue weighted by molar-refractivity contribution is -0.410. The molecule has 0 saturated heterocycles. The number of rotatable bonds is 9. The second kappa shape index (κ2) is 7.41. The average molecular weight is 428 g/mol. The smallest absolute Gasteiger partial charge is 0.386 e. The van der Waals surface area contributed by atoms with Gasteiger partial charge < -0.3 is 4.74 Å². The Hall–Kier alpha value is -1.63. The standard InChI is InChI=1S/C13H12F12O2/c1-4-5(2)7(26)27-6(3)9(16,17)11(20,21)13(24,25)12(22,23)10(18,19)8(14)15/h5,8H,3-4H2,1-2H3. The van der Waals surface area contributed by atoms with Crippen LogP contribution in [0.2, 0.25) is 0 Å². The van der Waals surface area contributed by atoms with E-state index in [1.165, 1.54) is 6.92 Å². The fourth-order valence-electron chi connectivity index (χ4n) is 1.37. The lowest BCUT2D eigenvalue weighted by Gasteiger charge is -2.39. The molecule has 14 heteroatoms. The van der Waals surface area contributed by atoms with Crippen molar-refractivity contribution >= 4 is 5.97 Å². The second-order valence-electron chi connectivity index (χ2n) is 5.37. The predicted molar refractivity (Wildman–Crippen MR) is 65.4 cm³/mol. The van der Waals surface area contributed by atoms with Crippen LogP contribution in [-0.4, -0.2) is 42.0 Å². The molecule has 27 heavy (non-hydrogen) atoms. The van der Waals surface area contributed by atoms with Gasteiger partial charge in [0.25, 0.3) is 0 Å². The number of carbonyl (C=O) groups excluding carboxylic acids is 1. The van der Waals surface area contributed by atoms with Gasteiger partial charge in [-0.3, -0.25) is 4.79 Å². The number of allylic oxidation sites excluding steroid dienone is 1. The second-order valence-corrected chi connectivity index (χ2v) is 5.37. The molecule has 0 rings (SSSR count). The molecule has 0 amide bonds. The number of esters is 1. The molecular formula is C13H12F12O2. The number of hydrogen-bond donors (Lipinski definition) is 0. The number of alkyl halides is 12. The summed E-state index contributed by atoms with van der Waals surface area (Å²) in [7, 11) is 0. The van der Waals surface area contributed by atoms with E-state index in [-0.39, 0.29) is 6.42 Å². The van der Waals surface area contributed by atoms with Crippen LogP contribution >= 0.6 is 0 Å². The highest BCUT2D eigenvalue weighted by Crippen LogP contribution is 2.59. The molecule has 0 radical (unpaired) electrons. The van der Waals surface area contributed by atoms with Crippen molar-refractivity contribution in [2.24, 2.45) is 5.92 Å². The summed E-state index contributed by atoms with van der Waals surface area (Å²) in [6.45, 7) is 4.38. The monoisotopic (exact) mass is 428 g/mol.